The molecule has 3 heteroatoms. The van der Waals surface area contributed by atoms with E-state index in [9.17, 15) is 9.90 Å². The van der Waals surface area contributed by atoms with Gasteiger partial charge in [-0.3, -0.25) is 0 Å². The first-order valence-electron chi connectivity index (χ1n) is 5.83. The van der Waals surface area contributed by atoms with E-state index in [0.29, 0.717) is 6.42 Å². The van der Waals surface area contributed by atoms with Crippen molar-refractivity contribution in [1.29, 1.82) is 0 Å². The smallest absolute Gasteiger partial charge is 0.0469 e. The highest BCUT2D eigenvalue weighted by Gasteiger charge is 2.37. The predicted octanol–water partition coefficient (Wildman–Crippen LogP) is 0.578. The molecule has 0 N–H and O–H groups in total. The third-order valence-corrected chi connectivity index (χ3v) is 3.81. The zero-order valence-electron chi connectivity index (χ0n) is 9.06. The summed E-state index contributed by atoms with van der Waals surface area (Å²) in [5, 5.41) is 11.2. The number of anilines is 1. The molecule has 0 amide bonds. The van der Waals surface area contributed by atoms with Crippen molar-refractivity contribution in [1.82, 2.24) is 0 Å². The van der Waals surface area contributed by atoms with Gasteiger partial charge in [-0.2, -0.15) is 0 Å². The standard InChI is InChI=1S/C13H15NO2/c15-13(16)10-8-9-4-1-2-5-11(9)14-7-3-6-12(10)14/h1-2,4-5,10,12H,3,6-8H2,(H,15,16)/p-1/t10-,12-/m0/s1. The van der Waals surface area contributed by atoms with Crippen LogP contribution in [0.4, 0.5) is 5.69 Å². The van der Waals surface area contributed by atoms with Crippen molar-refractivity contribution >= 4 is 11.7 Å². The number of nitrogens with zero attached hydrogens (tertiary/aromatic N) is 1. The fourth-order valence-corrected chi connectivity index (χ4v) is 3.09. The lowest BCUT2D eigenvalue weighted by molar-refractivity contribution is -0.312. The second kappa shape index (κ2) is 3.51. The summed E-state index contributed by atoms with van der Waals surface area (Å²) in [5.74, 6) is -1.23. The van der Waals surface area contributed by atoms with Crippen LogP contribution < -0.4 is 10.0 Å². The fraction of sp³-hybridized carbons (Fsp3) is 0.462. The van der Waals surface area contributed by atoms with Gasteiger partial charge < -0.3 is 14.8 Å². The van der Waals surface area contributed by atoms with Crippen LogP contribution in [-0.2, 0) is 11.2 Å². The van der Waals surface area contributed by atoms with Gasteiger partial charge in [0.15, 0.2) is 0 Å². The monoisotopic (exact) mass is 216 g/mol. The highest BCUT2D eigenvalue weighted by atomic mass is 16.4. The van der Waals surface area contributed by atoms with E-state index in [4.69, 9.17) is 0 Å². The Labute approximate surface area is 94.7 Å². The molecule has 0 bridgehead atoms. The van der Waals surface area contributed by atoms with E-state index < -0.39 is 5.97 Å². The molecular formula is C13H14NO2-. The average molecular weight is 216 g/mol. The molecule has 0 aliphatic carbocycles. The summed E-state index contributed by atoms with van der Waals surface area (Å²) < 4.78 is 0. The normalized spacial score (nSPS) is 27.4. The summed E-state index contributed by atoms with van der Waals surface area (Å²) in [6.45, 7) is 0.978. The van der Waals surface area contributed by atoms with Gasteiger partial charge in [0.1, 0.15) is 0 Å². The van der Waals surface area contributed by atoms with Crippen LogP contribution in [0.25, 0.3) is 0 Å². The molecule has 3 nitrogen and oxygen atoms in total. The largest absolute Gasteiger partial charge is 0.550 e. The fourth-order valence-electron chi connectivity index (χ4n) is 3.09. The number of carboxylic acids is 1. The minimum absolute atomic E-state index is 0.153. The van der Waals surface area contributed by atoms with E-state index in [1.54, 1.807) is 0 Å². The first kappa shape index (κ1) is 9.70. The van der Waals surface area contributed by atoms with E-state index in [1.807, 2.05) is 18.2 Å². The quantitative estimate of drug-likeness (QED) is 0.689. The number of carbonyl (C=O) groups excluding carboxylic acids is 1. The SMILES string of the molecule is O=C([O-])[C@H]1Cc2ccccc2N2CCC[C@@H]12. The number of carbonyl (C=O) groups is 1. The van der Waals surface area contributed by atoms with Crippen molar-refractivity contribution in [2.75, 3.05) is 11.4 Å². The molecule has 2 heterocycles. The van der Waals surface area contributed by atoms with Gasteiger partial charge in [-0.1, -0.05) is 18.2 Å². The summed E-state index contributed by atoms with van der Waals surface area (Å²) in [7, 11) is 0. The molecule has 0 unspecified atom stereocenters. The Bertz CT molecular complexity index is 430. The summed E-state index contributed by atoms with van der Waals surface area (Å²) in [5.41, 5.74) is 2.37. The van der Waals surface area contributed by atoms with Crippen molar-refractivity contribution in [3.05, 3.63) is 29.8 Å². The number of aliphatic carboxylic acids is 1. The lowest BCUT2D eigenvalue weighted by Gasteiger charge is -2.40. The van der Waals surface area contributed by atoms with E-state index in [2.05, 4.69) is 11.0 Å². The molecule has 0 spiro atoms. The maximum Gasteiger partial charge on any atom is 0.0469 e. The summed E-state index contributed by atoms with van der Waals surface area (Å²) in [6, 6.07) is 8.27. The van der Waals surface area contributed by atoms with Gasteiger partial charge in [-0.25, -0.2) is 0 Å². The summed E-state index contributed by atoms with van der Waals surface area (Å²) in [4.78, 5) is 13.4. The number of hydrogen-bond donors (Lipinski definition) is 0. The van der Waals surface area contributed by atoms with E-state index in [1.165, 1.54) is 5.69 Å². The van der Waals surface area contributed by atoms with Gasteiger partial charge in [0.2, 0.25) is 0 Å². The Morgan fingerprint density at radius 2 is 2.19 bits per heavy atom. The zero-order chi connectivity index (χ0) is 11.1. The topological polar surface area (TPSA) is 43.4 Å². The second-order valence-electron chi connectivity index (χ2n) is 4.66. The minimum Gasteiger partial charge on any atom is -0.550 e. The highest BCUT2D eigenvalue weighted by Crippen LogP contribution is 2.38. The first-order chi connectivity index (χ1) is 7.77. The van der Waals surface area contributed by atoms with Gasteiger partial charge >= 0.3 is 0 Å². The van der Waals surface area contributed by atoms with E-state index in [-0.39, 0.29) is 12.0 Å². The van der Waals surface area contributed by atoms with Crippen LogP contribution in [-0.4, -0.2) is 18.6 Å². The third kappa shape index (κ3) is 1.31. The van der Waals surface area contributed by atoms with Crippen LogP contribution in [0, 0.1) is 5.92 Å². The number of benzene rings is 1. The molecule has 16 heavy (non-hydrogen) atoms. The molecule has 84 valence electrons. The number of para-hydroxylation sites is 1. The molecule has 0 radical (unpaired) electrons. The van der Waals surface area contributed by atoms with Crippen LogP contribution in [0.5, 0.6) is 0 Å². The molecule has 1 aromatic carbocycles. The van der Waals surface area contributed by atoms with Crippen molar-refractivity contribution in [3.63, 3.8) is 0 Å². The van der Waals surface area contributed by atoms with Gasteiger partial charge in [0, 0.05) is 30.2 Å². The summed E-state index contributed by atoms with van der Waals surface area (Å²) in [6.07, 6.45) is 2.69. The number of carboxylic acid groups (broad SMARTS) is 1. The Balaban J connectivity index is 2.05. The van der Waals surface area contributed by atoms with Crippen molar-refractivity contribution < 1.29 is 9.90 Å². The minimum atomic E-state index is -0.897. The molecule has 0 saturated carbocycles. The Morgan fingerprint density at radius 1 is 1.38 bits per heavy atom. The molecule has 3 rings (SSSR count). The van der Waals surface area contributed by atoms with Crippen LogP contribution in [0.2, 0.25) is 0 Å². The second-order valence-corrected chi connectivity index (χ2v) is 4.66. The molecule has 2 atom stereocenters. The molecule has 1 fully saturated rings. The van der Waals surface area contributed by atoms with Crippen LogP contribution >= 0.6 is 0 Å². The lowest BCUT2D eigenvalue weighted by Crippen LogP contribution is -2.48. The van der Waals surface area contributed by atoms with Crippen molar-refractivity contribution in [2.45, 2.75) is 25.3 Å². The number of fused-ring (bicyclic) bond motifs is 3. The summed E-state index contributed by atoms with van der Waals surface area (Å²) >= 11 is 0. The zero-order valence-corrected chi connectivity index (χ0v) is 9.06. The third-order valence-electron chi connectivity index (χ3n) is 3.81. The molecule has 1 saturated heterocycles. The highest BCUT2D eigenvalue weighted by molar-refractivity contribution is 5.73. The van der Waals surface area contributed by atoms with Crippen LogP contribution in [0.1, 0.15) is 18.4 Å². The van der Waals surface area contributed by atoms with E-state index in [0.717, 1.165) is 24.9 Å². The van der Waals surface area contributed by atoms with Crippen LogP contribution in [0.15, 0.2) is 24.3 Å². The van der Waals surface area contributed by atoms with Gasteiger partial charge in [0.25, 0.3) is 0 Å². The van der Waals surface area contributed by atoms with Crippen LogP contribution in [0.3, 0.4) is 0 Å². The molecule has 1 aromatic rings. The average Bonchev–Trinajstić information content (AvgIpc) is 2.76. The maximum atomic E-state index is 11.2. The molecule has 2 aliphatic heterocycles. The van der Waals surface area contributed by atoms with Gasteiger partial charge in [-0.15, -0.1) is 0 Å². The number of rotatable bonds is 1. The van der Waals surface area contributed by atoms with Gasteiger partial charge in [-0.05, 0) is 30.9 Å². The maximum absolute atomic E-state index is 11.2. The van der Waals surface area contributed by atoms with E-state index >= 15 is 0 Å². The lowest BCUT2D eigenvalue weighted by atomic mass is 9.86. The number of hydrogen-bond acceptors (Lipinski definition) is 3. The predicted molar refractivity (Wildman–Crippen MR) is 59.0 cm³/mol. The molecule has 0 aromatic heterocycles. The van der Waals surface area contributed by atoms with Crippen molar-refractivity contribution in [2.24, 2.45) is 5.92 Å². The van der Waals surface area contributed by atoms with Gasteiger partial charge in [0.05, 0.1) is 0 Å². The molecular weight excluding hydrogens is 202 g/mol. The molecule has 2 aliphatic rings. The van der Waals surface area contributed by atoms with Crippen molar-refractivity contribution in [3.8, 4) is 0 Å². The first-order valence-corrected chi connectivity index (χ1v) is 5.83. The Kier molecular flexibility index (Phi) is 2.13. The Hall–Kier alpha value is -1.51. The Morgan fingerprint density at radius 3 is 3.00 bits per heavy atom.